The second kappa shape index (κ2) is 11.0. The highest BCUT2D eigenvalue weighted by Crippen LogP contribution is 2.43. The largest absolute Gasteiger partial charge is 0.507 e. The maximum Gasteiger partial charge on any atom is 0.295 e. The van der Waals surface area contributed by atoms with Crippen molar-refractivity contribution in [2.75, 3.05) is 14.2 Å². The fourth-order valence-electron chi connectivity index (χ4n) is 4.93. The summed E-state index contributed by atoms with van der Waals surface area (Å²) in [6.07, 6.45) is -0.0621. The van der Waals surface area contributed by atoms with Crippen LogP contribution in [0, 0.1) is 13.8 Å². The summed E-state index contributed by atoms with van der Waals surface area (Å²) in [4.78, 5) is 28.5. The van der Waals surface area contributed by atoms with Crippen LogP contribution in [-0.2, 0) is 16.1 Å². The van der Waals surface area contributed by atoms with Gasteiger partial charge in [-0.2, -0.15) is 0 Å². The Hall–Kier alpha value is -4.26. The minimum absolute atomic E-state index is 0.00268. The number of ether oxygens (including phenoxy) is 3. The van der Waals surface area contributed by atoms with E-state index in [-0.39, 0.29) is 24.0 Å². The Morgan fingerprint density at radius 2 is 1.66 bits per heavy atom. The van der Waals surface area contributed by atoms with E-state index < -0.39 is 17.7 Å². The van der Waals surface area contributed by atoms with Crippen molar-refractivity contribution >= 4 is 17.4 Å². The maximum atomic E-state index is 13.6. The molecule has 1 amide bonds. The zero-order chi connectivity index (χ0) is 27.6. The lowest BCUT2D eigenvalue weighted by molar-refractivity contribution is -0.140. The number of benzene rings is 3. The summed E-state index contributed by atoms with van der Waals surface area (Å²) in [5.41, 5.74) is 3.50. The number of hydrogen-bond donors (Lipinski definition) is 1. The number of aliphatic hydroxyl groups is 1. The van der Waals surface area contributed by atoms with Gasteiger partial charge in [-0.3, -0.25) is 9.59 Å². The average molecular weight is 516 g/mol. The van der Waals surface area contributed by atoms with E-state index in [1.165, 1.54) is 12.0 Å². The maximum absolute atomic E-state index is 13.6. The molecule has 1 unspecified atom stereocenters. The number of aryl methyl sites for hydroxylation is 2. The molecule has 0 saturated carbocycles. The quantitative estimate of drug-likeness (QED) is 0.234. The standard InChI is InChI=1S/C31H33NO6/c1-18(2)38-24-12-8-10-22(16-24)27-26(28(33)25-14-19(3)13-20(4)30(25)37-6)29(34)31(35)32(27)17-21-9-7-11-23(15-21)36-5/h7-16,18,27,33H,17H2,1-6H3/b28-26+. The number of amides is 1. The van der Waals surface area contributed by atoms with E-state index in [1.54, 1.807) is 19.2 Å². The fourth-order valence-corrected chi connectivity index (χ4v) is 4.93. The van der Waals surface area contributed by atoms with Crippen molar-refractivity contribution < 1.29 is 28.9 Å². The predicted molar refractivity (Wildman–Crippen MR) is 146 cm³/mol. The van der Waals surface area contributed by atoms with Crippen molar-refractivity contribution in [1.82, 2.24) is 4.90 Å². The molecular weight excluding hydrogens is 482 g/mol. The summed E-state index contributed by atoms with van der Waals surface area (Å²) in [6, 6.07) is 17.4. The molecule has 7 nitrogen and oxygen atoms in total. The third kappa shape index (κ3) is 5.23. The molecule has 3 aromatic rings. The van der Waals surface area contributed by atoms with Gasteiger partial charge in [-0.25, -0.2) is 0 Å². The Morgan fingerprint density at radius 3 is 2.34 bits per heavy atom. The Bertz CT molecular complexity index is 1410. The van der Waals surface area contributed by atoms with Gasteiger partial charge in [0.1, 0.15) is 23.0 Å². The lowest BCUT2D eigenvalue weighted by atomic mass is 9.93. The van der Waals surface area contributed by atoms with Gasteiger partial charge in [-0.1, -0.05) is 30.3 Å². The van der Waals surface area contributed by atoms with E-state index in [2.05, 4.69) is 0 Å². The third-order valence-corrected chi connectivity index (χ3v) is 6.45. The van der Waals surface area contributed by atoms with Crippen LogP contribution in [0.1, 0.15) is 47.7 Å². The highest BCUT2D eigenvalue weighted by molar-refractivity contribution is 6.46. The molecule has 1 heterocycles. The SMILES string of the molecule is COc1cccc(CN2C(=O)C(=O)/C(=C(/O)c3cc(C)cc(C)c3OC)C2c2cccc(OC(C)C)c2)c1. The van der Waals surface area contributed by atoms with Crippen LogP contribution in [0.15, 0.2) is 66.2 Å². The van der Waals surface area contributed by atoms with E-state index in [4.69, 9.17) is 14.2 Å². The molecule has 0 radical (unpaired) electrons. The van der Waals surface area contributed by atoms with Gasteiger partial charge in [0.15, 0.2) is 0 Å². The van der Waals surface area contributed by atoms with Crippen LogP contribution in [0.3, 0.4) is 0 Å². The van der Waals surface area contributed by atoms with Crippen LogP contribution in [-0.4, -0.2) is 42.0 Å². The van der Waals surface area contributed by atoms with Crippen LogP contribution in [0.2, 0.25) is 0 Å². The monoisotopic (exact) mass is 515 g/mol. The summed E-state index contributed by atoms with van der Waals surface area (Å²) in [5.74, 6) is -0.0378. The minimum Gasteiger partial charge on any atom is -0.507 e. The third-order valence-electron chi connectivity index (χ3n) is 6.45. The number of likely N-dealkylation sites (tertiary alicyclic amines) is 1. The van der Waals surface area contributed by atoms with Gasteiger partial charge < -0.3 is 24.2 Å². The Kier molecular flexibility index (Phi) is 7.76. The molecule has 38 heavy (non-hydrogen) atoms. The van der Waals surface area contributed by atoms with Gasteiger partial charge in [-0.05, 0) is 80.3 Å². The summed E-state index contributed by atoms with van der Waals surface area (Å²) >= 11 is 0. The molecule has 0 bridgehead atoms. The molecule has 1 saturated heterocycles. The number of hydrogen-bond acceptors (Lipinski definition) is 6. The van der Waals surface area contributed by atoms with Gasteiger partial charge in [0, 0.05) is 6.54 Å². The first-order chi connectivity index (χ1) is 18.1. The number of rotatable bonds is 8. The Labute approximate surface area is 223 Å². The van der Waals surface area contributed by atoms with Gasteiger partial charge in [0.2, 0.25) is 0 Å². The molecule has 1 fully saturated rings. The van der Waals surface area contributed by atoms with Crippen molar-refractivity contribution in [3.8, 4) is 17.2 Å². The van der Waals surface area contributed by atoms with Crippen molar-refractivity contribution in [3.63, 3.8) is 0 Å². The molecule has 3 aromatic carbocycles. The van der Waals surface area contributed by atoms with E-state index in [9.17, 15) is 14.7 Å². The molecule has 1 aliphatic heterocycles. The highest BCUT2D eigenvalue weighted by Gasteiger charge is 2.46. The van der Waals surface area contributed by atoms with Crippen molar-refractivity contribution in [2.24, 2.45) is 0 Å². The number of aliphatic hydroxyl groups excluding tert-OH is 1. The molecule has 0 spiro atoms. The van der Waals surface area contributed by atoms with E-state index >= 15 is 0 Å². The summed E-state index contributed by atoms with van der Waals surface area (Å²) in [7, 11) is 3.09. The number of carbonyl (C=O) groups excluding carboxylic acids is 2. The first kappa shape index (κ1) is 26.8. The summed E-state index contributed by atoms with van der Waals surface area (Å²) < 4.78 is 16.8. The summed E-state index contributed by atoms with van der Waals surface area (Å²) in [5, 5.41) is 11.6. The highest BCUT2D eigenvalue weighted by atomic mass is 16.5. The van der Waals surface area contributed by atoms with Crippen molar-refractivity contribution in [2.45, 2.75) is 46.4 Å². The van der Waals surface area contributed by atoms with E-state index in [0.29, 0.717) is 28.4 Å². The van der Waals surface area contributed by atoms with E-state index in [0.717, 1.165) is 16.7 Å². The molecule has 1 N–H and O–H groups in total. The first-order valence-corrected chi connectivity index (χ1v) is 12.5. The second-order valence-electron chi connectivity index (χ2n) is 9.68. The molecular formula is C31H33NO6. The van der Waals surface area contributed by atoms with Crippen LogP contribution in [0.25, 0.3) is 5.76 Å². The molecule has 0 aliphatic carbocycles. The normalized spacial score (nSPS) is 16.7. The van der Waals surface area contributed by atoms with Gasteiger partial charge in [0.25, 0.3) is 11.7 Å². The topological polar surface area (TPSA) is 85.3 Å². The van der Waals surface area contributed by atoms with Gasteiger partial charge in [0.05, 0.1) is 37.5 Å². The molecule has 1 aliphatic rings. The van der Waals surface area contributed by atoms with Crippen LogP contribution in [0.5, 0.6) is 17.2 Å². The minimum atomic E-state index is -0.845. The molecule has 4 rings (SSSR count). The van der Waals surface area contributed by atoms with Gasteiger partial charge in [-0.15, -0.1) is 0 Å². The Balaban J connectivity index is 1.92. The number of Topliss-reactive ketones (excluding diaryl/α,β-unsaturated/α-hetero) is 1. The lowest BCUT2D eigenvalue weighted by Gasteiger charge is -2.26. The first-order valence-electron chi connectivity index (χ1n) is 12.5. The number of nitrogens with zero attached hydrogens (tertiary/aromatic N) is 1. The number of carbonyl (C=O) groups is 2. The average Bonchev–Trinajstić information content (AvgIpc) is 3.12. The predicted octanol–water partition coefficient (Wildman–Crippen LogP) is 5.73. The zero-order valence-corrected chi connectivity index (χ0v) is 22.6. The van der Waals surface area contributed by atoms with Crippen LogP contribution in [0.4, 0.5) is 0 Å². The fraction of sp³-hybridized carbons (Fsp3) is 0.290. The van der Waals surface area contributed by atoms with Crippen molar-refractivity contribution in [1.29, 1.82) is 0 Å². The zero-order valence-electron chi connectivity index (χ0n) is 22.6. The van der Waals surface area contributed by atoms with Crippen LogP contribution >= 0.6 is 0 Å². The van der Waals surface area contributed by atoms with Gasteiger partial charge >= 0.3 is 0 Å². The Morgan fingerprint density at radius 1 is 0.947 bits per heavy atom. The molecule has 198 valence electrons. The second-order valence-corrected chi connectivity index (χ2v) is 9.68. The van der Waals surface area contributed by atoms with E-state index in [1.807, 2.05) is 76.2 Å². The summed E-state index contributed by atoms with van der Waals surface area (Å²) in [6.45, 7) is 7.76. The number of ketones is 1. The smallest absolute Gasteiger partial charge is 0.295 e. The molecule has 0 aromatic heterocycles. The van der Waals surface area contributed by atoms with Crippen LogP contribution < -0.4 is 14.2 Å². The number of methoxy groups -OCH3 is 2. The van der Waals surface area contributed by atoms with Crippen molar-refractivity contribution in [3.05, 3.63) is 94.1 Å². The lowest BCUT2D eigenvalue weighted by Crippen LogP contribution is -2.29. The molecule has 7 heteroatoms. The molecule has 1 atom stereocenters.